The zero-order valence-electron chi connectivity index (χ0n) is 9.14. The summed E-state index contributed by atoms with van der Waals surface area (Å²) in [6, 6.07) is 15.7. The first-order chi connectivity index (χ1) is 8.34. The molecule has 3 rings (SSSR count). The second kappa shape index (κ2) is 3.94. The number of rotatable bonds is 1. The monoisotopic (exact) mass is 225 g/mol. The highest BCUT2D eigenvalue weighted by Crippen LogP contribution is 2.37. The van der Waals surface area contributed by atoms with Crippen LogP contribution in [0, 0.1) is 0 Å². The van der Waals surface area contributed by atoms with Crippen molar-refractivity contribution in [2.75, 3.05) is 11.9 Å². The number of carbonyl (C=O) groups excluding carboxylic acids is 1. The fourth-order valence-corrected chi connectivity index (χ4v) is 1.96. The van der Waals surface area contributed by atoms with E-state index in [9.17, 15) is 4.79 Å². The third-order valence-electron chi connectivity index (χ3n) is 2.73. The third kappa shape index (κ3) is 1.76. The van der Waals surface area contributed by atoms with Crippen molar-refractivity contribution in [3.63, 3.8) is 0 Å². The number of hydrogen-bond donors (Lipinski definition) is 1. The van der Waals surface area contributed by atoms with Crippen molar-refractivity contribution in [3.8, 4) is 16.9 Å². The molecule has 0 spiro atoms. The molecule has 0 fully saturated rings. The average Bonchev–Trinajstić information content (AvgIpc) is 2.39. The first-order valence-electron chi connectivity index (χ1n) is 5.46. The van der Waals surface area contributed by atoms with Gasteiger partial charge in [-0.3, -0.25) is 4.79 Å². The van der Waals surface area contributed by atoms with Crippen LogP contribution >= 0.6 is 0 Å². The maximum absolute atomic E-state index is 11.4. The van der Waals surface area contributed by atoms with Gasteiger partial charge in [0, 0.05) is 5.56 Å². The van der Waals surface area contributed by atoms with Crippen molar-refractivity contribution >= 4 is 11.6 Å². The van der Waals surface area contributed by atoms with E-state index < -0.39 is 0 Å². The van der Waals surface area contributed by atoms with Gasteiger partial charge in [-0.25, -0.2) is 0 Å². The van der Waals surface area contributed by atoms with Gasteiger partial charge in [0.15, 0.2) is 6.61 Å². The lowest BCUT2D eigenvalue weighted by atomic mass is 10.0. The Hall–Kier alpha value is -2.29. The second-order valence-corrected chi connectivity index (χ2v) is 3.88. The Balaban J connectivity index is 2.15. The molecule has 0 saturated heterocycles. The zero-order chi connectivity index (χ0) is 11.7. The van der Waals surface area contributed by atoms with Gasteiger partial charge in [-0.1, -0.05) is 42.5 Å². The standard InChI is InChI=1S/C14H11NO2/c16-13-9-17-12-8-4-7-11(14(12)15-13)10-5-2-1-3-6-10/h1-8H,9H2,(H,15,16). The number of fused-ring (bicyclic) bond motifs is 1. The average molecular weight is 225 g/mol. The van der Waals surface area contributed by atoms with Crippen molar-refractivity contribution in [1.82, 2.24) is 0 Å². The molecule has 0 radical (unpaired) electrons. The summed E-state index contributed by atoms with van der Waals surface area (Å²) < 4.78 is 5.39. The molecule has 1 N–H and O–H groups in total. The Labute approximate surface area is 99.0 Å². The Morgan fingerprint density at radius 2 is 1.82 bits per heavy atom. The number of carbonyl (C=O) groups is 1. The van der Waals surface area contributed by atoms with Gasteiger partial charge in [-0.05, 0) is 11.6 Å². The molecule has 17 heavy (non-hydrogen) atoms. The summed E-state index contributed by atoms with van der Waals surface area (Å²) >= 11 is 0. The Morgan fingerprint density at radius 3 is 2.65 bits per heavy atom. The first kappa shape index (κ1) is 9.90. The van der Waals surface area contributed by atoms with Gasteiger partial charge in [0.1, 0.15) is 5.75 Å². The van der Waals surface area contributed by atoms with Crippen LogP contribution in [0.25, 0.3) is 11.1 Å². The van der Waals surface area contributed by atoms with E-state index in [0.717, 1.165) is 22.6 Å². The lowest BCUT2D eigenvalue weighted by Crippen LogP contribution is -2.25. The maximum Gasteiger partial charge on any atom is 0.262 e. The number of amides is 1. The van der Waals surface area contributed by atoms with Gasteiger partial charge in [0.2, 0.25) is 0 Å². The summed E-state index contributed by atoms with van der Waals surface area (Å²) in [5.41, 5.74) is 2.81. The normalized spacial score (nSPS) is 13.5. The van der Waals surface area contributed by atoms with Crippen LogP contribution in [-0.4, -0.2) is 12.5 Å². The van der Waals surface area contributed by atoms with Crippen LogP contribution in [0.3, 0.4) is 0 Å². The smallest absolute Gasteiger partial charge is 0.262 e. The first-order valence-corrected chi connectivity index (χ1v) is 5.46. The molecule has 0 saturated carbocycles. The van der Waals surface area contributed by atoms with E-state index >= 15 is 0 Å². The molecular formula is C14H11NO2. The van der Waals surface area contributed by atoms with Crippen LogP contribution in [0.5, 0.6) is 5.75 Å². The van der Waals surface area contributed by atoms with Crippen LogP contribution in [-0.2, 0) is 4.79 Å². The third-order valence-corrected chi connectivity index (χ3v) is 2.73. The van der Waals surface area contributed by atoms with E-state index in [4.69, 9.17) is 4.74 Å². The highest BCUT2D eigenvalue weighted by Gasteiger charge is 2.19. The summed E-state index contributed by atoms with van der Waals surface area (Å²) in [6.07, 6.45) is 0. The van der Waals surface area contributed by atoms with Crippen molar-refractivity contribution < 1.29 is 9.53 Å². The number of benzene rings is 2. The molecule has 2 aromatic rings. The molecule has 3 nitrogen and oxygen atoms in total. The highest BCUT2D eigenvalue weighted by atomic mass is 16.5. The lowest BCUT2D eigenvalue weighted by molar-refractivity contribution is -0.118. The largest absolute Gasteiger partial charge is 0.482 e. The Kier molecular flexibility index (Phi) is 2.29. The minimum absolute atomic E-state index is 0.0885. The molecule has 2 aromatic carbocycles. The molecule has 1 aliphatic rings. The molecule has 0 bridgehead atoms. The van der Waals surface area contributed by atoms with Gasteiger partial charge < -0.3 is 10.1 Å². The number of nitrogens with one attached hydrogen (secondary N) is 1. The van der Waals surface area contributed by atoms with E-state index in [-0.39, 0.29) is 12.5 Å². The fraction of sp³-hybridized carbons (Fsp3) is 0.0714. The summed E-state index contributed by atoms with van der Waals surface area (Å²) in [7, 11) is 0. The highest BCUT2D eigenvalue weighted by molar-refractivity contribution is 6.00. The quantitative estimate of drug-likeness (QED) is 0.810. The molecule has 1 aliphatic heterocycles. The van der Waals surface area contributed by atoms with E-state index in [2.05, 4.69) is 5.32 Å². The van der Waals surface area contributed by atoms with Crippen molar-refractivity contribution in [2.24, 2.45) is 0 Å². The van der Waals surface area contributed by atoms with Gasteiger partial charge >= 0.3 is 0 Å². The van der Waals surface area contributed by atoms with E-state index in [1.54, 1.807) is 0 Å². The molecule has 0 atom stereocenters. The number of para-hydroxylation sites is 1. The van der Waals surface area contributed by atoms with Gasteiger partial charge in [-0.2, -0.15) is 0 Å². The lowest BCUT2D eigenvalue weighted by Gasteiger charge is -2.20. The second-order valence-electron chi connectivity index (χ2n) is 3.88. The zero-order valence-corrected chi connectivity index (χ0v) is 9.14. The van der Waals surface area contributed by atoms with Gasteiger partial charge in [-0.15, -0.1) is 0 Å². The molecule has 1 heterocycles. The van der Waals surface area contributed by atoms with Crippen molar-refractivity contribution in [1.29, 1.82) is 0 Å². The topological polar surface area (TPSA) is 38.3 Å². The fourth-order valence-electron chi connectivity index (χ4n) is 1.96. The molecular weight excluding hydrogens is 214 g/mol. The molecule has 0 aromatic heterocycles. The summed E-state index contributed by atoms with van der Waals surface area (Å²) in [5.74, 6) is 0.617. The Morgan fingerprint density at radius 1 is 1.00 bits per heavy atom. The van der Waals surface area contributed by atoms with Crippen LogP contribution in [0.2, 0.25) is 0 Å². The van der Waals surface area contributed by atoms with E-state index in [0.29, 0.717) is 0 Å². The van der Waals surface area contributed by atoms with E-state index in [1.807, 2.05) is 48.5 Å². The molecule has 1 amide bonds. The molecule has 3 heteroatoms. The van der Waals surface area contributed by atoms with Gasteiger partial charge in [0.05, 0.1) is 5.69 Å². The van der Waals surface area contributed by atoms with Crippen LogP contribution in [0.4, 0.5) is 5.69 Å². The van der Waals surface area contributed by atoms with Crippen LogP contribution in [0.1, 0.15) is 0 Å². The SMILES string of the molecule is O=C1COc2cccc(-c3ccccc3)c2N1. The summed E-state index contributed by atoms with van der Waals surface area (Å²) in [4.78, 5) is 11.4. The van der Waals surface area contributed by atoms with Crippen molar-refractivity contribution in [2.45, 2.75) is 0 Å². The van der Waals surface area contributed by atoms with Gasteiger partial charge in [0.25, 0.3) is 5.91 Å². The summed E-state index contributed by atoms with van der Waals surface area (Å²) in [5, 5.41) is 2.86. The minimum Gasteiger partial charge on any atom is -0.482 e. The van der Waals surface area contributed by atoms with Crippen molar-refractivity contribution in [3.05, 3.63) is 48.5 Å². The minimum atomic E-state index is -0.110. The number of hydrogen-bond acceptors (Lipinski definition) is 2. The number of anilines is 1. The van der Waals surface area contributed by atoms with E-state index in [1.165, 1.54) is 0 Å². The van der Waals surface area contributed by atoms with Crippen LogP contribution < -0.4 is 10.1 Å². The maximum atomic E-state index is 11.4. The predicted molar refractivity (Wildman–Crippen MR) is 66.0 cm³/mol. The molecule has 0 aliphatic carbocycles. The Bertz CT molecular complexity index is 564. The predicted octanol–water partition coefficient (Wildman–Crippen LogP) is 2.68. The molecule has 0 unspecified atom stereocenters. The molecule has 84 valence electrons. The summed E-state index contributed by atoms with van der Waals surface area (Å²) in [6.45, 7) is 0.0885. The number of ether oxygens (including phenoxy) is 1. The van der Waals surface area contributed by atoms with Crippen LogP contribution in [0.15, 0.2) is 48.5 Å².